The molecule has 0 bridgehead atoms. The van der Waals surface area contributed by atoms with E-state index in [0.29, 0.717) is 5.56 Å². The van der Waals surface area contributed by atoms with Crippen LogP contribution in [0.4, 0.5) is 0 Å². The largest absolute Gasteiger partial charge is 0.394 e. The molecule has 1 saturated heterocycles. The topological polar surface area (TPSA) is 122 Å². The minimum absolute atomic E-state index is 0.168. The summed E-state index contributed by atoms with van der Waals surface area (Å²) in [4.78, 5) is 36.7. The minimum Gasteiger partial charge on any atom is -0.394 e. The van der Waals surface area contributed by atoms with Gasteiger partial charge < -0.3 is 14.9 Å². The van der Waals surface area contributed by atoms with Gasteiger partial charge in [-0.1, -0.05) is 0 Å². The SMILES string of the molecule is CC(=O)[C@]1(O)C[C@H](n2cc(C)c(=O)[nH]c2=O)O[C@@H]1CO. The number of aryl methyl sites for hydroxylation is 1. The van der Waals surface area contributed by atoms with E-state index in [4.69, 9.17) is 4.74 Å². The van der Waals surface area contributed by atoms with Crippen LogP contribution in [0.2, 0.25) is 0 Å². The predicted octanol–water partition coefficient (Wildman–Crippen LogP) is -1.56. The number of aliphatic hydroxyl groups is 2. The molecule has 0 saturated carbocycles. The quantitative estimate of drug-likeness (QED) is 0.617. The molecule has 1 fully saturated rings. The van der Waals surface area contributed by atoms with Crippen molar-refractivity contribution in [3.8, 4) is 0 Å². The fourth-order valence-corrected chi connectivity index (χ4v) is 2.28. The molecule has 0 amide bonds. The van der Waals surface area contributed by atoms with Crippen molar-refractivity contribution in [3.05, 3.63) is 32.6 Å². The van der Waals surface area contributed by atoms with Crippen LogP contribution in [0.3, 0.4) is 0 Å². The number of carbonyl (C=O) groups excluding carboxylic acids is 1. The van der Waals surface area contributed by atoms with Crippen LogP contribution in [-0.2, 0) is 9.53 Å². The Labute approximate surface area is 113 Å². The van der Waals surface area contributed by atoms with Gasteiger partial charge in [-0.25, -0.2) is 4.79 Å². The van der Waals surface area contributed by atoms with E-state index in [2.05, 4.69) is 4.98 Å². The lowest BCUT2D eigenvalue weighted by atomic mass is 9.91. The Morgan fingerprint density at radius 1 is 1.60 bits per heavy atom. The molecular formula is C12H16N2O6. The molecule has 1 aliphatic heterocycles. The molecule has 1 aromatic rings. The first-order valence-corrected chi connectivity index (χ1v) is 6.11. The van der Waals surface area contributed by atoms with Gasteiger partial charge in [-0.15, -0.1) is 0 Å². The zero-order chi connectivity index (χ0) is 15.1. The standard InChI is InChI=1S/C12H16N2O6/c1-6-4-14(11(18)13-10(6)17)9-3-12(19,7(2)16)8(5-15)20-9/h4,8-9,15,19H,3,5H2,1-2H3,(H,13,17,18)/t8-,9-,12-/m1/s1. The van der Waals surface area contributed by atoms with Crippen LogP contribution in [0, 0.1) is 6.92 Å². The zero-order valence-corrected chi connectivity index (χ0v) is 11.1. The first-order valence-electron chi connectivity index (χ1n) is 6.11. The number of ether oxygens (including phenoxy) is 1. The molecule has 8 nitrogen and oxygen atoms in total. The van der Waals surface area contributed by atoms with E-state index >= 15 is 0 Å². The van der Waals surface area contributed by atoms with E-state index in [1.54, 1.807) is 0 Å². The van der Waals surface area contributed by atoms with Crippen LogP contribution in [0.1, 0.15) is 25.1 Å². The fourth-order valence-electron chi connectivity index (χ4n) is 2.28. The number of hydrogen-bond donors (Lipinski definition) is 3. The second-order valence-corrected chi connectivity index (χ2v) is 4.93. The smallest absolute Gasteiger partial charge is 0.330 e. The number of carbonyl (C=O) groups is 1. The Bertz CT molecular complexity index is 648. The summed E-state index contributed by atoms with van der Waals surface area (Å²) in [7, 11) is 0. The van der Waals surface area contributed by atoms with Crippen molar-refractivity contribution in [2.75, 3.05) is 6.61 Å². The maximum absolute atomic E-state index is 11.8. The van der Waals surface area contributed by atoms with Crippen LogP contribution in [0.25, 0.3) is 0 Å². The van der Waals surface area contributed by atoms with Crippen molar-refractivity contribution >= 4 is 5.78 Å². The van der Waals surface area contributed by atoms with E-state index in [0.717, 1.165) is 4.57 Å². The monoisotopic (exact) mass is 284 g/mol. The molecule has 8 heteroatoms. The zero-order valence-electron chi connectivity index (χ0n) is 11.1. The van der Waals surface area contributed by atoms with Gasteiger partial charge >= 0.3 is 5.69 Å². The highest BCUT2D eigenvalue weighted by molar-refractivity contribution is 5.85. The summed E-state index contributed by atoms with van der Waals surface area (Å²) in [5.41, 5.74) is -2.75. The van der Waals surface area contributed by atoms with Crippen molar-refractivity contribution in [2.24, 2.45) is 0 Å². The van der Waals surface area contributed by atoms with Crippen LogP contribution in [0.15, 0.2) is 15.8 Å². The van der Waals surface area contributed by atoms with Crippen molar-refractivity contribution < 1.29 is 19.7 Å². The van der Waals surface area contributed by atoms with Gasteiger partial charge in [0.2, 0.25) is 0 Å². The molecule has 20 heavy (non-hydrogen) atoms. The Morgan fingerprint density at radius 2 is 2.25 bits per heavy atom. The Hall–Kier alpha value is -1.77. The van der Waals surface area contributed by atoms with Crippen molar-refractivity contribution in [1.82, 2.24) is 9.55 Å². The molecule has 0 aromatic carbocycles. The average molecular weight is 284 g/mol. The molecule has 0 radical (unpaired) electrons. The number of ketones is 1. The number of rotatable bonds is 3. The maximum atomic E-state index is 11.8. The number of aromatic nitrogens is 2. The van der Waals surface area contributed by atoms with Gasteiger partial charge in [-0.2, -0.15) is 0 Å². The Kier molecular flexibility index (Phi) is 3.63. The molecule has 110 valence electrons. The minimum atomic E-state index is -1.84. The highest BCUT2D eigenvalue weighted by Crippen LogP contribution is 2.36. The lowest BCUT2D eigenvalue weighted by Crippen LogP contribution is -2.46. The summed E-state index contributed by atoms with van der Waals surface area (Å²) < 4.78 is 6.47. The van der Waals surface area contributed by atoms with E-state index in [1.165, 1.54) is 20.0 Å². The molecule has 3 N–H and O–H groups in total. The van der Waals surface area contributed by atoms with Crippen LogP contribution in [0.5, 0.6) is 0 Å². The van der Waals surface area contributed by atoms with Gasteiger partial charge in [0.1, 0.15) is 12.3 Å². The summed E-state index contributed by atoms with van der Waals surface area (Å²) in [6.45, 7) is 2.16. The van der Waals surface area contributed by atoms with Crippen LogP contribution >= 0.6 is 0 Å². The third-order valence-electron chi connectivity index (χ3n) is 3.57. The second-order valence-electron chi connectivity index (χ2n) is 4.93. The van der Waals surface area contributed by atoms with E-state index in [-0.39, 0.29) is 6.42 Å². The predicted molar refractivity (Wildman–Crippen MR) is 67.3 cm³/mol. The lowest BCUT2D eigenvalue weighted by molar-refractivity contribution is -0.144. The molecule has 2 rings (SSSR count). The Balaban J connectivity index is 2.42. The molecule has 3 atom stereocenters. The van der Waals surface area contributed by atoms with Crippen LogP contribution in [-0.4, -0.2) is 43.9 Å². The number of H-pyrrole nitrogens is 1. The number of nitrogens with zero attached hydrogens (tertiary/aromatic N) is 1. The first kappa shape index (κ1) is 14.6. The molecule has 1 aromatic heterocycles. The van der Waals surface area contributed by atoms with Gasteiger partial charge in [0, 0.05) is 18.2 Å². The Morgan fingerprint density at radius 3 is 2.75 bits per heavy atom. The summed E-state index contributed by atoms with van der Waals surface area (Å²) in [6, 6.07) is 0. The van der Waals surface area contributed by atoms with Gasteiger partial charge in [-0.3, -0.25) is 19.1 Å². The lowest BCUT2D eigenvalue weighted by Gasteiger charge is -2.23. The van der Waals surface area contributed by atoms with Crippen molar-refractivity contribution in [1.29, 1.82) is 0 Å². The highest BCUT2D eigenvalue weighted by Gasteiger charge is 2.51. The number of hydrogen-bond acceptors (Lipinski definition) is 6. The number of aliphatic hydroxyl groups excluding tert-OH is 1. The normalized spacial score (nSPS) is 29.6. The highest BCUT2D eigenvalue weighted by atomic mass is 16.5. The van der Waals surface area contributed by atoms with Crippen molar-refractivity contribution in [2.45, 2.75) is 38.2 Å². The fraction of sp³-hybridized carbons (Fsp3) is 0.583. The third kappa shape index (κ3) is 2.21. The molecule has 0 unspecified atom stereocenters. The molecule has 0 aliphatic carbocycles. The third-order valence-corrected chi connectivity index (χ3v) is 3.57. The summed E-state index contributed by atoms with van der Waals surface area (Å²) in [5.74, 6) is -0.548. The van der Waals surface area contributed by atoms with Crippen LogP contribution < -0.4 is 11.2 Å². The van der Waals surface area contributed by atoms with Crippen molar-refractivity contribution in [3.63, 3.8) is 0 Å². The number of aromatic amines is 1. The van der Waals surface area contributed by atoms with Gasteiger partial charge in [-0.05, 0) is 13.8 Å². The maximum Gasteiger partial charge on any atom is 0.330 e. The van der Waals surface area contributed by atoms with Gasteiger partial charge in [0.25, 0.3) is 5.56 Å². The van der Waals surface area contributed by atoms with E-state index in [1.807, 2.05) is 0 Å². The average Bonchev–Trinajstić information content (AvgIpc) is 2.72. The molecule has 2 heterocycles. The first-order chi connectivity index (χ1) is 9.29. The summed E-state index contributed by atoms with van der Waals surface area (Å²) >= 11 is 0. The molecule has 0 spiro atoms. The van der Waals surface area contributed by atoms with Gasteiger partial charge in [0.05, 0.1) is 6.61 Å². The number of Topliss-reactive ketones (excluding diaryl/α,β-unsaturated/α-hetero) is 1. The second kappa shape index (κ2) is 4.97. The summed E-state index contributed by atoms with van der Waals surface area (Å²) in [6.07, 6.45) is -0.904. The summed E-state index contributed by atoms with van der Waals surface area (Å²) in [5, 5.41) is 19.5. The van der Waals surface area contributed by atoms with Gasteiger partial charge in [0.15, 0.2) is 11.4 Å². The van der Waals surface area contributed by atoms with E-state index in [9.17, 15) is 24.6 Å². The molecular weight excluding hydrogens is 268 g/mol. The van der Waals surface area contributed by atoms with E-state index < -0.39 is 41.6 Å². The molecule has 1 aliphatic rings. The number of nitrogens with one attached hydrogen (secondary N) is 1.